The van der Waals surface area contributed by atoms with Gasteiger partial charge in [-0.2, -0.15) is 22.7 Å². The van der Waals surface area contributed by atoms with Gasteiger partial charge in [-0.25, -0.2) is 0 Å². The van der Waals surface area contributed by atoms with Gasteiger partial charge < -0.3 is 14.4 Å². The monoisotopic (exact) mass is 387 g/mol. The van der Waals surface area contributed by atoms with Gasteiger partial charge in [-0.1, -0.05) is 0 Å². The molecule has 0 fully saturated rings. The Morgan fingerprint density at radius 1 is 1.26 bits per heavy atom. The highest BCUT2D eigenvalue weighted by Gasteiger charge is 2.13. The third-order valence-electron chi connectivity index (χ3n) is 3.39. The van der Waals surface area contributed by atoms with Crippen LogP contribution < -0.4 is 9.47 Å². The van der Waals surface area contributed by atoms with E-state index < -0.39 is 19.1 Å². The lowest BCUT2D eigenvalue weighted by Crippen LogP contribution is -2.23. The van der Waals surface area contributed by atoms with Crippen molar-refractivity contribution < 1.29 is 31.8 Å². The number of halogens is 4. The number of carbonyl (C=O) groups excluding carboxylic acids is 1. The van der Waals surface area contributed by atoms with Crippen LogP contribution in [0.1, 0.15) is 11.1 Å². The van der Waals surface area contributed by atoms with Gasteiger partial charge in [0.15, 0.2) is 0 Å². The minimum Gasteiger partial charge on any atom is -0.435 e. The van der Waals surface area contributed by atoms with Crippen LogP contribution in [0.5, 0.6) is 11.5 Å². The molecule has 0 radical (unpaired) electrons. The molecule has 0 spiro atoms. The van der Waals surface area contributed by atoms with E-state index in [1.165, 1.54) is 17.0 Å². The molecule has 2 rings (SSSR count). The van der Waals surface area contributed by atoms with Gasteiger partial charge in [0, 0.05) is 50.1 Å². The Morgan fingerprint density at radius 3 is 2.56 bits per heavy atom. The minimum absolute atomic E-state index is 0.111. The number of benzene rings is 1. The first kappa shape index (κ1) is 20.3. The molecular formula is C17H17F4N3O3. The second-order valence-corrected chi connectivity index (χ2v) is 5.51. The van der Waals surface area contributed by atoms with E-state index in [0.29, 0.717) is 6.54 Å². The Morgan fingerprint density at radius 2 is 1.96 bits per heavy atom. The van der Waals surface area contributed by atoms with Crippen LogP contribution in [0, 0.1) is 0 Å². The highest BCUT2D eigenvalue weighted by Crippen LogP contribution is 2.28. The highest BCUT2D eigenvalue weighted by atomic mass is 19.3. The highest BCUT2D eigenvalue weighted by molar-refractivity contribution is 5.92. The number of nitrogens with zero attached hydrogens (tertiary/aromatic N) is 3. The largest absolute Gasteiger partial charge is 0.435 e. The average Bonchev–Trinajstić information content (AvgIpc) is 2.97. The van der Waals surface area contributed by atoms with Gasteiger partial charge in [0.25, 0.3) is 0 Å². The topological polar surface area (TPSA) is 56.6 Å². The molecule has 1 aromatic heterocycles. The zero-order valence-corrected chi connectivity index (χ0v) is 14.5. The van der Waals surface area contributed by atoms with E-state index in [1.54, 1.807) is 31.2 Å². The van der Waals surface area contributed by atoms with E-state index in [4.69, 9.17) is 0 Å². The molecule has 0 atom stereocenters. The molecule has 0 unspecified atom stereocenters. The van der Waals surface area contributed by atoms with E-state index in [0.717, 1.165) is 23.8 Å². The third kappa shape index (κ3) is 6.32. The summed E-state index contributed by atoms with van der Waals surface area (Å²) in [5.74, 6) is -1.12. The van der Waals surface area contributed by atoms with Crippen LogP contribution in [-0.2, 0) is 18.4 Å². The Kier molecular flexibility index (Phi) is 6.80. The number of hydrogen-bond acceptors (Lipinski definition) is 4. The van der Waals surface area contributed by atoms with Crippen LogP contribution in [0.25, 0.3) is 6.08 Å². The quantitative estimate of drug-likeness (QED) is 0.515. The molecule has 0 N–H and O–H groups in total. The normalized spacial score (nSPS) is 11.4. The van der Waals surface area contributed by atoms with Crippen LogP contribution in [0.3, 0.4) is 0 Å². The lowest BCUT2D eigenvalue weighted by atomic mass is 10.1. The van der Waals surface area contributed by atoms with Crippen molar-refractivity contribution in [3.05, 3.63) is 47.8 Å². The van der Waals surface area contributed by atoms with Crippen molar-refractivity contribution in [2.75, 3.05) is 7.05 Å². The van der Waals surface area contributed by atoms with Crippen molar-refractivity contribution in [1.82, 2.24) is 14.7 Å². The number of aromatic nitrogens is 2. The van der Waals surface area contributed by atoms with E-state index in [1.807, 2.05) is 0 Å². The number of carbonyl (C=O) groups is 1. The predicted octanol–water partition coefficient (Wildman–Crippen LogP) is 3.29. The first-order valence-electron chi connectivity index (χ1n) is 7.69. The number of aryl methyl sites for hydroxylation is 1. The van der Waals surface area contributed by atoms with Crippen LogP contribution >= 0.6 is 0 Å². The van der Waals surface area contributed by atoms with Crippen molar-refractivity contribution >= 4 is 12.0 Å². The van der Waals surface area contributed by atoms with Crippen LogP contribution in [0.2, 0.25) is 0 Å². The molecule has 0 aliphatic heterocycles. The lowest BCUT2D eigenvalue weighted by Gasteiger charge is -2.14. The van der Waals surface area contributed by atoms with Gasteiger partial charge in [0.2, 0.25) is 5.91 Å². The Bertz CT molecular complexity index is 808. The smallest absolute Gasteiger partial charge is 0.387 e. The summed E-state index contributed by atoms with van der Waals surface area (Å²) in [6, 6.07) is 3.30. The van der Waals surface area contributed by atoms with Gasteiger partial charge in [-0.3, -0.25) is 9.48 Å². The molecule has 27 heavy (non-hydrogen) atoms. The molecule has 10 heteroatoms. The number of ether oxygens (including phenoxy) is 2. The second-order valence-electron chi connectivity index (χ2n) is 5.51. The zero-order valence-electron chi connectivity index (χ0n) is 14.5. The summed E-state index contributed by atoms with van der Waals surface area (Å²) in [5.41, 5.74) is 0.928. The van der Waals surface area contributed by atoms with E-state index >= 15 is 0 Å². The van der Waals surface area contributed by atoms with E-state index in [9.17, 15) is 22.4 Å². The third-order valence-corrected chi connectivity index (χ3v) is 3.39. The fourth-order valence-electron chi connectivity index (χ4n) is 2.22. The maximum atomic E-state index is 12.5. The Labute approximate surface area is 152 Å². The first-order chi connectivity index (χ1) is 12.7. The summed E-state index contributed by atoms with van der Waals surface area (Å²) in [5, 5.41) is 4.00. The van der Waals surface area contributed by atoms with Crippen LogP contribution in [-0.4, -0.2) is 40.9 Å². The summed E-state index contributed by atoms with van der Waals surface area (Å²) in [4.78, 5) is 13.6. The summed E-state index contributed by atoms with van der Waals surface area (Å²) in [6.45, 7) is -5.96. The first-order valence-corrected chi connectivity index (χ1v) is 7.69. The maximum absolute atomic E-state index is 12.5. The van der Waals surface area contributed by atoms with Gasteiger partial charge in [-0.05, 0) is 18.2 Å². The Balaban J connectivity index is 2.12. The standard InChI is InChI=1S/C17H17F4N3O3/c1-23(9-11-8-22-24(2)10-11)15(25)6-4-12-3-5-13(26-16(18)19)7-14(12)27-17(20)21/h3-8,10,16-17H,9H2,1-2H3/b6-4+. The molecule has 1 amide bonds. The summed E-state index contributed by atoms with van der Waals surface area (Å²) in [7, 11) is 3.31. The number of rotatable bonds is 8. The maximum Gasteiger partial charge on any atom is 0.387 e. The summed E-state index contributed by atoms with van der Waals surface area (Å²) >= 11 is 0. The molecule has 6 nitrogen and oxygen atoms in total. The van der Waals surface area contributed by atoms with Crippen molar-refractivity contribution in [3.8, 4) is 11.5 Å². The average molecular weight is 387 g/mol. The fourth-order valence-corrected chi connectivity index (χ4v) is 2.22. The van der Waals surface area contributed by atoms with E-state index in [-0.39, 0.29) is 17.1 Å². The molecule has 1 aromatic carbocycles. The van der Waals surface area contributed by atoms with Gasteiger partial charge in [-0.15, -0.1) is 0 Å². The van der Waals surface area contributed by atoms with Crippen molar-refractivity contribution in [2.45, 2.75) is 19.8 Å². The number of hydrogen-bond donors (Lipinski definition) is 0. The molecule has 0 saturated heterocycles. The molecule has 0 aliphatic carbocycles. The number of amides is 1. The predicted molar refractivity (Wildman–Crippen MR) is 88.4 cm³/mol. The molecule has 1 heterocycles. The van der Waals surface area contributed by atoms with Gasteiger partial charge >= 0.3 is 13.2 Å². The van der Waals surface area contributed by atoms with Crippen LogP contribution in [0.4, 0.5) is 17.6 Å². The summed E-state index contributed by atoms with van der Waals surface area (Å²) in [6.07, 6.45) is 5.79. The Hall–Kier alpha value is -3.04. The summed E-state index contributed by atoms with van der Waals surface area (Å²) < 4.78 is 59.7. The van der Waals surface area contributed by atoms with E-state index in [2.05, 4.69) is 14.6 Å². The number of alkyl halides is 4. The molecular weight excluding hydrogens is 370 g/mol. The molecule has 2 aromatic rings. The fraction of sp³-hybridized carbons (Fsp3) is 0.294. The van der Waals surface area contributed by atoms with Crippen molar-refractivity contribution in [3.63, 3.8) is 0 Å². The van der Waals surface area contributed by atoms with Crippen LogP contribution in [0.15, 0.2) is 36.7 Å². The zero-order chi connectivity index (χ0) is 20.0. The minimum atomic E-state index is -3.16. The van der Waals surface area contributed by atoms with Crippen molar-refractivity contribution in [2.24, 2.45) is 7.05 Å². The second kappa shape index (κ2) is 9.06. The lowest BCUT2D eigenvalue weighted by molar-refractivity contribution is -0.125. The molecule has 0 saturated carbocycles. The van der Waals surface area contributed by atoms with Gasteiger partial charge in [0.1, 0.15) is 11.5 Å². The molecule has 0 aliphatic rings. The van der Waals surface area contributed by atoms with Crippen molar-refractivity contribution in [1.29, 1.82) is 0 Å². The van der Waals surface area contributed by atoms with Gasteiger partial charge in [0.05, 0.1) is 6.20 Å². The molecule has 146 valence electrons. The number of likely N-dealkylation sites (N-methyl/N-ethyl adjacent to an activating group) is 1. The SMILES string of the molecule is CN(Cc1cnn(C)c1)C(=O)/C=C/c1ccc(OC(F)F)cc1OC(F)F. The molecule has 0 bridgehead atoms.